The van der Waals surface area contributed by atoms with Crippen molar-refractivity contribution in [2.45, 2.75) is 50.3 Å². The molecule has 2 nitrogen and oxygen atoms in total. The van der Waals surface area contributed by atoms with Gasteiger partial charge in [-0.1, -0.05) is 0 Å². The van der Waals surface area contributed by atoms with Gasteiger partial charge in [0.2, 0.25) is 0 Å². The lowest BCUT2D eigenvalue weighted by molar-refractivity contribution is 0.0947. The Morgan fingerprint density at radius 1 is 1.32 bits per heavy atom. The van der Waals surface area contributed by atoms with E-state index in [2.05, 4.69) is 11.4 Å². The molecule has 1 aromatic heterocycles. The van der Waals surface area contributed by atoms with Crippen LogP contribution in [0.3, 0.4) is 0 Å². The maximum atomic E-state index is 12.1. The summed E-state index contributed by atoms with van der Waals surface area (Å²) in [5.41, 5.74) is 1.40. The van der Waals surface area contributed by atoms with Gasteiger partial charge in [0.1, 0.15) is 0 Å². The average molecular weight is 298 g/mol. The minimum Gasteiger partial charge on any atom is -0.351 e. The van der Waals surface area contributed by atoms with E-state index in [1.165, 1.54) is 16.9 Å². The molecular weight excluding hydrogens is 278 g/mol. The van der Waals surface area contributed by atoms with Gasteiger partial charge in [0.05, 0.1) is 4.88 Å². The molecule has 0 aliphatic heterocycles. The van der Waals surface area contributed by atoms with E-state index >= 15 is 0 Å². The number of halogens is 1. The van der Waals surface area contributed by atoms with Gasteiger partial charge in [-0.2, -0.15) is 0 Å². The van der Waals surface area contributed by atoms with Crippen LogP contribution in [0.15, 0.2) is 6.07 Å². The van der Waals surface area contributed by atoms with Crippen LogP contribution in [0.4, 0.5) is 0 Å². The van der Waals surface area contributed by atoms with Gasteiger partial charge >= 0.3 is 0 Å². The van der Waals surface area contributed by atoms with Gasteiger partial charge in [-0.25, -0.2) is 0 Å². The highest BCUT2D eigenvalue weighted by molar-refractivity contribution is 7.14. The number of rotatable bonds is 3. The number of aryl methyl sites for hydroxylation is 2. The van der Waals surface area contributed by atoms with E-state index in [0.717, 1.165) is 49.9 Å². The van der Waals surface area contributed by atoms with E-state index in [1.807, 2.05) is 0 Å². The molecule has 0 spiro atoms. The molecule has 0 radical (unpaired) electrons. The number of amides is 1. The quantitative estimate of drug-likeness (QED) is 0.846. The maximum absolute atomic E-state index is 12.1. The Bertz CT molecular complexity index is 441. The standard InChI is InChI=1S/C15H20ClNOS/c16-12-6-4-10(5-7-12)9-17-15(18)14-8-11-2-1-3-13(11)19-14/h8,10,12H,1-7,9H2,(H,17,18). The van der Waals surface area contributed by atoms with Crippen molar-refractivity contribution in [1.29, 1.82) is 0 Å². The molecule has 3 rings (SSSR count). The number of fused-ring (bicyclic) bond motifs is 1. The lowest BCUT2D eigenvalue weighted by Gasteiger charge is -2.24. The molecule has 1 aromatic rings. The van der Waals surface area contributed by atoms with Gasteiger partial charge in [0, 0.05) is 16.8 Å². The van der Waals surface area contributed by atoms with Crippen LogP contribution < -0.4 is 5.32 Å². The van der Waals surface area contributed by atoms with Crippen LogP contribution >= 0.6 is 22.9 Å². The van der Waals surface area contributed by atoms with Crippen molar-refractivity contribution in [3.63, 3.8) is 0 Å². The third kappa shape index (κ3) is 3.14. The number of carbonyl (C=O) groups is 1. The van der Waals surface area contributed by atoms with Gasteiger partial charge < -0.3 is 5.32 Å². The summed E-state index contributed by atoms with van der Waals surface area (Å²) in [6, 6.07) is 2.10. The highest BCUT2D eigenvalue weighted by Crippen LogP contribution is 2.31. The number of alkyl halides is 1. The summed E-state index contributed by atoms with van der Waals surface area (Å²) in [5.74, 6) is 0.734. The summed E-state index contributed by atoms with van der Waals surface area (Å²) in [5, 5.41) is 3.45. The summed E-state index contributed by atoms with van der Waals surface area (Å²) >= 11 is 7.78. The van der Waals surface area contributed by atoms with Gasteiger partial charge in [0.15, 0.2) is 0 Å². The SMILES string of the molecule is O=C(NCC1CCC(Cl)CC1)c1cc2c(s1)CCC2. The number of carbonyl (C=O) groups excluding carboxylic acids is 1. The van der Waals surface area contributed by atoms with Crippen LogP contribution in [0.2, 0.25) is 0 Å². The fourth-order valence-electron chi connectivity index (χ4n) is 3.09. The summed E-state index contributed by atoms with van der Waals surface area (Å²) in [6.45, 7) is 0.811. The van der Waals surface area contributed by atoms with Crippen LogP contribution in [0.5, 0.6) is 0 Å². The zero-order chi connectivity index (χ0) is 13.2. The summed E-state index contributed by atoms with van der Waals surface area (Å²) in [7, 11) is 0. The summed E-state index contributed by atoms with van der Waals surface area (Å²) in [4.78, 5) is 14.5. The van der Waals surface area contributed by atoms with Crippen molar-refractivity contribution < 1.29 is 4.79 Å². The Kier molecular flexibility index (Phi) is 4.13. The van der Waals surface area contributed by atoms with Crippen LogP contribution in [0.25, 0.3) is 0 Å². The average Bonchev–Trinajstić information content (AvgIpc) is 2.98. The topological polar surface area (TPSA) is 29.1 Å². The summed E-state index contributed by atoms with van der Waals surface area (Å²) < 4.78 is 0. The Balaban J connectivity index is 1.51. The number of hydrogen-bond donors (Lipinski definition) is 1. The van der Waals surface area contributed by atoms with Crippen molar-refractivity contribution >= 4 is 28.8 Å². The van der Waals surface area contributed by atoms with Crippen molar-refractivity contribution in [1.82, 2.24) is 5.32 Å². The van der Waals surface area contributed by atoms with Gasteiger partial charge in [-0.05, 0) is 62.5 Å². The Labute approximate surface area is 123 Å². The minimum atomic E-state index is 0.118. The Morgan fingerprint density at radius 3 is 2.84 bits per heavy atom. The first kappa shape index (κ1) is 13.4. The molecule has 0 unspecified atom stereocenters. The third-order valence-corrected chi connectivity index (χ3v) is 5.97. The normalized spacial score (nSPS) is 26.2. The molecule has 1 amide bonds. The molecule has 2 aliphatic rings. The lowest BCUT2D eigenvalue weighted by atomic mass is 9.89. The molecule has 0 atom stereocenters. The van der Waals surface area contributed by atoms with Crippen LogP contribution in [0, 0.1) is 5.92 Å². The molecule has 1 N–H and O–H groups in total. The zero-order valence-corrected chi connectivity index (χ0v) is 12.7. The monoisotopic (exact) mass is 297 g/mol. The van der Waals surface area contributed by atoms with Crippen molar-refractivity contribution in [3.8, 4) is 0 Å². The van der Waals surface area contributed by atoms with Crippen molar-refractivity contribution in [3.05, 3.63) is 21.4 Å². The number of hydrogen-bond acceptors (Lipinski definition) is 2. The minimum absolute atomic E-state index is 0.118. The molecule has 1 saturated carbocycles. The predicted octanol–water partition coefficient (Wildman–Crippen LogP) is 3.76. The Morgan fingerprint density at radius 2 is 2.11 bits per heavy atom. The molecule has 1 heterocycles. The predicted molar refractivity (Wildman–Crippen MR) is 80.3 cm³/mol. The highest BCUT2D eigenvalue weighted by Gasteiger charge is 2.21. The molecule has 104 valence electrons. The van der Waals surface area contributed by atoms with E-state index in [-0.39, 0.29) is 5.91 Å². The number of thiophene rings is 1. The Hall–Kier alpha value is -0.540. The first-order valence-electron chi connectivity index (χ1n) is 7.26. The molecule has 0 saturated heterocycles. The van der Waals surface area contributed by atoms with Crippen molar-refractivity contribution in [2.24, 2.45) is 5.92 Å². The first-order chi connectivity index (χ1) is 9.22. The second kappa shape index (κ2) is 5.84. The molecule has 19 heavy (non-hydrogen) atoms. The molecule has 1 fully saturated rings. The third-order valence-electron chi connectivity index (χ3n) is 4.30. The van der Waals surface area contributed by atoms with E-state index in [0.29, 0.717) is 11.3 Å². The van der Waals surface area contributed by atoms with Gasteiger partial charge in [-0.15, -0.1) is 22.9 Å². The second-order valence-corrected chi connectivity index (χ2v) is 7.49. The van der Waals surface area contributed by atoms with E-state index in [9.17, 15) is 4.79 Å². The smallest absolute Gasteiger partial charge is 0.261 e. The fraction of sp³-hybridized carbons (Fsp3) is 0.667. The second-order valence-electron chi connectivity index (χ2n) is 5.74. The van der Waals surface area contributed by atoms with Crippen LogP contribution in [-0.4, -0.2) is 17.8 Å². The summed E-state index contributed by atoms with van der Waals surface area (Å²) in [6.07, 6.45) is 8.05. The molecule has 0 bridgehead atoms. The zero-order valence-electron chi connectivity index (χ0n) is 11.1. The van der Waals surface area contributed by atoms with Gasteiger partial charge in [0.25, 0.3) is 5.91 Å². The molecule has 0 aromatic carbocycles. The van der Waals surface area contributed by atoms with E-state index in [4.69, 9.17) is 11.6 Å². The largest absolute Gasteiger partial charge is 0.351 e. The van der Waals surface area contributed by atoms with E-state index < -0.39 is 0 Å². The van der Waals surface area contributed by atoms with Crippen LogP contribution in [0.1, 0.15) is 52.2 Å². The highest BCUT2D eigenvalue weighted by atomic mass is 35.5. The number of nitrogens with one attached hydrogen (secondary N) is 1. The lowest BCUT2D eigenvalue weighted by Crippen LogP contribution is -2.31. The maximum Gasteiger partial charge on any atom is 0.261 e. The van der Waals surface area contributed by atoms with Gasteiger partial charge in [-0.3, -0.25) is 4.79 Å². The van der Waals surface area contributed by atoms with Crippen LogP contribution in [-0.2, 0) is 12.8 Å². The first-order valence-corrected chi connectivity index (χ1v) is 8.51. The van der Waals surface area contributed by atoms with E-state index in [1.54, 1.807) is 11.3 Å². The molecule has 4 heteroatoms. The molecular formula is C15H20ClNOS. The van der Waals surface area contributed by atoms with Crippen molar-refractivity contribution in [2.75, 3.05) is 6.54 Å². The molecule has 2 aliphatic carbocycles. The fourth-order valence-corrected chi connectivity index (χ4v) is 4.51.